The Morgan fingerprint density at radius 2 is 1.59 bits per heavy atom. The number of nitrogens with zero attached hydrogens (tertiary/aromatic N) is 2. The van der Waals surface area contributed by atoms with E-state index in [2.05, 4.69) is 5.32 Å². The largest absolute Gasteiger partial charge is 0.496 e. The van der Waals surface area contributed by atoms with Crippen LogP contribution in [0.1, 0.15) is 49.3 Å². The van der Waals surface area contributed by atoms with Crippen molar-refractivity contribution in [2.75, 3.05) is 33.3 Å². The summed E-state index contributed by atoms with van der Waals surface area (Å²) < 4.78 is 5.57. The fraction of sp³-hybridized carbons (Fsp3) is 0.462. The lowest BCUT2D eigenvalue weighted by Gasteiger charge is -2.34. The van der Waals surface area contributed by atoms with E-state index in [9.17, 15) is 9.59 Å². The zero-order chi connectivity index (χ0) is 22.3. The number of hydrogen-bond acceptors (Lipinski definition) is 3. The number of likely N-dealkylation sites (tertiary alicyclic amines) is 2. The van der Waals surface area contributed by atoms with Crippen LogP contribution in [0, 0.1) is 5.92 Å². The van der Waals surface area contributed by atoms with E-state index in [1.807, 2.05) is 64.4 Å². The Kier molecular flexibility index (Phi) is 7.30. The van der Waals surface area contributed by atoms with Crippen LogP contribution in [0.2, 0.25) is 0 Å². The highest BCUT2D eigenvalue weighted by atomic mass is 16.5. The first-order chi connectivity index (χ1) is 15.7. The number of carbonyl (C=O) groups is 2. The average molecular weight is 436 g/mol. The molecule has 0 radical (unpaired) electrons. The van der Waals surface area contributed by atoms with Crippen LogP contribution in [-0.2, 0) is 4.79 Å². The van der Waals surface area contributed by atoms with Crippen molar-refractivity contribution in [3.8, 4) is 5.75 Å². The molecule has 32 heavy (non-hydrogen) atoms. The molecule has 0 aromatic heterocycles. The van der Waals surface area contributed by atoms with Crippen molar-refractivity contribution in [2.45, 2.75) is 38.1 Å². The van der Waals surface area contributed by atoms with Crippen LogP contribution >= 0.6 is 0 Å². The number of rotatable bonds is 6. The first-order valence-electron chi connectivity index (χ1n) is 11.7. The number of amides is 3. The molecule has 2 saturated heterocycles. The standard InChI is InChI=1S/C26H33N3O3/c1-32-23-12-6-5-11-22(23)25(21-9-3-2-4-10-21)27-26(31)29-17-13-20(14-18-29)19-24(30)28-15-7-8-16-28/h2-6,9-12,20,25H,7-8,13-19H2,1H3,(H,27,31). The van der Waals surface area contributed by atoms with Gasteiger partial charge in [-0.3, -0.25) is 4.79 Å². The molecule has 1 atom stereocenters. The van der Waals surface area contributed by atoms with E-state index in [0.717, 1.165) is 55.6 Å². The lowest BCUT2D eigenvalue weighted by molar-refractivity contribution is -0.131. The van der Waals surface area contributed by atoms with Gasteiger partial charge in [-0.1, -0.05) is 48.5 Å². The van der Waals surface area contributed by atoms with E-state index < -0.39 is 0 Å². The molecule has 2 aromatic rings. The number of ether oxygens (including phenoxy) is 1. The molecule has 2 fully saturated rings. The number of methoxy groups -OCH3 is 1. The normalized spacial score (nSPS) is 17.8. The number of benzene rings is 2. The summed E-state index contributed by atoms with van der Waals surface area (Å²) in [6.45, 7) is 3.17. The number of para-hydroxylation sites is 1. The minimum absolute atomic E-state index is 0.0749. The Balaban J connectivity index is 1.39. The van der Waals surface area contributed by atoms with Gasteiger partial charge in [0, 0.05) is 38.2 Å². The third-order valence-corrected chi connectivity index (χ3v) is 6.67. The molecular formula is C26H33N3O3. The summed E-state index contributed by atoms with van der Waals surface area (Å²) in [5, 5.41) is 3.23. The molecule has 1 N–H and O–H groups in total. The molecule has 3 amide bonds. The van der Waals surface area contributed by atoms with Crippen molar-refractivity contribution >= 4 is 11.9 Å². The van der Waals surface area contributed by atoms with Gasteiger partial charge in [0.05, 0.1) is 13.2 Å². The van der Waals surface area contributed by atoms with Gasteiger partial charge in [-0.25, -0.2) is 4.79 Å². The predicted molar refractivity (Wildman–Crippen MR) is 125 cm³/mol. The summed E-state index contributed by atoms with van der Waals surface area (Å²) in [4.78, 5) is 29.5. The van der Waals surface area contributed by atoms with E-state index in [1.165, 1.54) is 0 Å². The summed E-state index contributed by atoms with van der Waals surface area (Å²) in [6, 6.07) is 17.4. The average Bonchev–Trinajstić information content (AvgIpc) is 3.39. The van der Waals surface area contributed by atoms with Crippen molar-refractivity contribution in [3.05, 3.63) is 65.7 Å². The lowest BCUT2D eigenvalue weighted by Crippen LogP contribution is -2.46. The smallest absolute Gasteiger partial charge is 0.318 e. The maximum absolute atomic E-state index is 13.2. The molecule has 6 heteroatoms. The molecule has 0 saturated carbocycles. The Hall–Kier alpha value is -3.02. The van der Waals surface area contributed by atoms with Gasteiger partial charge in [-0.15, -0.1) is 0 Å². The van der Waals surface area contributed by atoms with Crippen LogP contribution in [-0.4, -0.2) is 55.0 Å². The summed E-state index contributed by atoms with van der Waals surface area (Å²) >= 11 is 0. The van der Waals surface area contributed by atoms with Crippen LogP contribution in [0.4, 0.5) is 4.79 Å². The van der Waals surface area contributed by atoms with Crippen molar-refractivity contribution in [2.24, 2.45) is 5.92 Å². The highest BCUT2D eigenvalue weighted by Crippen LogP contribution is 2.30. The van der Waals surface area contributed by atoms with Gasteiger partial charge in [0.1, 0.15) is 5.75 Å². The van der Waals surface area contributed by atoms with E-state index in [-0.39, 0.29) is 18.0 Å². The van der Waals surface area contributed by atoms with Gasteiger partial charge in [0.15, 0.2) is 0 Å². The molecular weight excluding hydrogens is 402 g/mol. The molecule has 4 rings (SSSR count). The minimum Gasteiger partial charge on any atom is -0.496 e. The molecule has 2 aliphatic heterocycles. The van der Waals surface area contributed by atoms with Gasteiger partial charge in [-0.2, -0.15) is 0 Å². The van der Waals surface area contributed by atoms with Gasteiger partial charge in [0.25, 0.3) is 0 Å². The van der Waals surface area contributed by atoms with E-state index in [0.29, 0.717) is 25.4 Å². The summed E-state index contributed by atoms with van der Waals surface area (Å²) in [5.41, 5.74) is 1.94. The number of piperidine rings is 1. The fourth-order valence-electron chi connectivity index (χ4n) is 4.79. The van der Waals surface area contributed by atoms with E-state index in [1.54, 1.807) is 7.11 Å². The van der Waals surface area contributed by atoms with Crippen LogP contribution in [0.25, 0.3) is 0 Å². The SMILES string of the molecule is COc1ccccc1C(NC(=O)N1CCC(CC(=O)N2CCCC2)CC1)c1ccccc1. The maximum atomic E-state index is 13.2. The molecule has 6 nitrogen and oxygen atoms in total. The quantitative estimate of drug-likeness (QED) is 0.739. The van der Waals surface area contributed by atoms with Crippen LogP contribution in [0.3, 0.4) is 0 Å². The first kappa shape index (κ1) is 22.2. The van der Waals surface area contributed by atoms with Crippen LogP contribution in [0.5, 0.6) is 5.75 Å². The van der Waals surface area contributed by atoms with Crippen LogP contribution < -0.4 is 10.1 Å². The molecule has 2 aromatic carbocycles. The summed E-state index contributed by atoms with van der Waals surface area (Å²) in [5.74, 6) is 1.40. The minimum atomic E-state index is -0.297. The Labute approximate surface area is 190 Å². The topological polar surface area (TPSA) is 61.9 Å². The molecule has 2 heterocycles. The molecule has 1 unspecified atom stereocenters. The van der Waals surface area contributed by atoms with Crippen molar-refractivity contribution in [1.29, 1.82) is 0 Å². The van der Waals surface area contributed by atoms with E-state index in [4.69, 9.17) is 4.74 Å². The van der Waals surface area contributed by atoms with Crippen molar-refractivity contribution < 1.29 is 14.3 Å². The number of urea groups is 1. The Bertz CT molecular complexity index is 904. The van der Waals surface area contributed by atoms with Crippen LogP contribution in [0.15, 0.2) is 54.6 Å². The van der Waals surface area contributed by atoms with Crippen molar-refractivity contribution in [1.82, 2.24) is 15.1 Å². The predicted octanol–water partition coefficient (Wildman–Crippen LogP) is 4.22. The number of hydrogen-bond donors (Lipinski definition) is 1. The van der Waals surface area contributed by atoms with Gasteiger partial charge < -0.3 is 19.9 Å². The third-order valence-electron chi connectivity index (χ3n) is 6.67. The molecule has 2 aliphatic rings. The summed E-state index contributed by atoms with van der Waals surface area (Å²) in [6.07, 6.45) is 4.61. The second-order valence-electron chi connectivity index (χ2n) is 8.76. The third kappa shape index (κ3) is 5.23. The summed E-state index contributed by atoms with van der Waals surface area (Å²) in [7, 11) is 1.65. The van der Waals surface area contributed by atoms with E-state index >= 15 is 0 Å². The Morgan fingerprint density at radius 1 is 0.938 bits per heavy atom. The second kappa shape index (κ2) is 10.5. The fourth-order valence-corrected chi connectivity index (χ4v) is 4.79. The molecule has 0 bridgehead atoms. The molecule has 170 valence electrons. The first-order valence-corrected chi connectivity index (χ1v) is 11.7. The highest BCUT2D eigenvalue weighted by molar-refractivity contribution is 5.77. The zero-order valence-corrected chi connectivity index (χ0v) is 18.8. The highest BCUT2D eigenvalue weighted by Gasteiger charge is 2.29. The van der Waals surface area contributed by atoms with Gasteiger partial charge in [0.2, 0.25) is 5.91 Å². The Morgan fingerprint density at radius 3 is 2.28 bits per heavy atom. The zero-order valence-electron chi connectivity index (χ0n) is 18.8. The van der Waals surface area contributed by atoms with Gasteiger partial charge in [-0.05, 0) is 43.2 Å². The monoisotopic (exact) mass is 435 g/mol. The number of nitrogens with one attached hydrogen (secondary N) is 1. The number of carbonyl (C=O) groups excluding carboxylic acids is 2. The molecule has 0 aliphatic carbocycles. The lowest BCUT2D eigenvalue weighted by atomic mass is 9.93. The van der Waals surface area contributed by atoms with Gasteiger partial charge >= 0.3 is 6.03 Å². The second-order valence-corrected chi connectivity index (χ2v) is 8.76. The van der Waals surface area contributed by atoms with Crippen molar-refractivity contribution in [3.63, 3.8) is 0 Å². The molecule has 0 spiro atoms. The maximum Gasteiger partial charge on any atom is 0.318 e.